The van der Waals surface area contributed by atoms with Crippen LogP contribution in [0.15, 0.2) is 30.0 Å². The molecular weight excluding hydrogens is 442 g/mol. The molecule has 0 saturated carbocycles. The molecular formula is C22H25N7OS2. The predicted octanol–water partition coefficient (Wildman–Crippen LogP) is 4.68. The van der Waals surface area contributed by atoms with Gasteiger partial charge in [0.2, 0.25) is 0 Å². The quantitative estimate of drug-likeness (QED) is 0.442. The number of benzene rings is 1. The average molecular weight is 468 g/mol. The van der Waals surface area contributed by atoms with E-state index in [2.05, 4.69) is 58.2 Å². The molecule has 0 bridgehead atoms. The van der Waals surface area contributed by atoms with E-state index in [4.69, 9.17) is 10.1 Å². The van der Waals surface area contributed by atoms with Crippen LogP contribution in [0.5, 0.6) is 10.9 Å². The van der Waals surface area contributed by atoms with Crippen molar-refractivity contribution in [2.75, 3.05) is 0 Å². The van der Waals surface area contributed by atoms with Gasteiger partial charge >= 0.3 is 0 Å². The van der Waals surface area contributed by atoms with E-state index in [-0.39, 0.29) is 5.41 Å². The zero-order valence-electron chi connectivity index (χ0n) is 18.7. The van der Waals surface area contributed by atoms with Crippen LogP contribution in [0.4, 0.5) is 0 Å². The van der Waals surface area contributed by atoms with Crippen molar-refractivity contribution >= 4 is 22.9 Å². The summed E-state index contributed by atoms with van der Waals surface area (Å²) in [6.45, 7) is 11.1. The molecule has 0 aliphatic heterocycles. The van der Waals surface area contributed by atoms with Crippen molar-refractivity contribution in [3.63, 3.8) is 0 Å². The third-order valence-electron chi connectivity index (χ3n) is 5.07. The maximum Gasteiger partial charge on any atom is 0.299 e. The molecule has 8 nitrogen and oxygen atoms in total. The maximum atomic E-state index is 7.85. The Labute approximate surface area is 194 Å². The summed E-state index contributed by atoms with van der Waals surface area (Å²) in [6.07, 6.45) is 4.29. The van der Waals surface area contributed by atoms with E-state index >= 15 is 0 Å². The second-order valence-corrected chi connectivity index (χ2v) is 10.1. The van der Waals surface area contributed by atoms with Crippen LogP contribution in [-0.2, 0) is 18.4 Å². The minimum atomic E-state index is -0.0563. The molecule has 32 heavy (non-hydrogen) atoms. The lowest BCUT2D eigenvalue weighted by Crippen LogP contribution is -2.16. The van der Waals surface area contributed by atoms with Gasteiger partial charge in [0.15, 0.2) is 10.6 Å². The van der Waals surface area contributed by atoms with E-state index in [1.807, 2.05) is 13.0 Å². The van der Waals surface area contributed by atoms with Crippen molar-refractivity contribution < 1.29 is 4.74 Å². The summed E-state index contributed by atoms with van der Waals surface area (Å²) in [4.78, 5) is 13.9. The second kappa shape index (κ2) is 8.87. The van der Waals surface area contributed by atoms with Crippen molar-refractivity contribution in [1.29, 1.82) is 5.41 Å². The van der Waals surface area contributed by atoms with E-state index in [1.54, 1.807) is 22.6 Å². The first-order valence-corrected chi connectivity index (χ1v) is 11.9. The Morgan fingerprint density at radius 2 is 1.91 bits per heavy atom. The third-order valence-corrected chi connectivity index (χ3v) is 6.29. The predicted molar refractivity (Wildman–Crippen MR) is 125 cm³/mol. The summed E-state index contributed by atoms with van der Waals surface area (Å²) in [5.74, 6) is 1.26. The Morgan fingerprint density at radius 1 is 1.09 bits per heavy atom. The zero-order chi connectivity index (χ0) is 22.9. The standard InChI is InChI=1S/C22H25N7OS2/c1-13-9-17(14(2)8-15(13)6-7-29-20(23)31-12-26-29)30-21-27-19(28-32-21)16-10-25-18(11-24-16)22(3,4)5/h8-12,23H,6-7H2,1-5H3. The Kier molecular flexibility index (Phi) is 6.16. The molecule has 0 radical (unpaired) electrons. The van der Waals surface area contributed by atoms with Crippen LogP contribution >= 0.6 is 22.9 Å². The van der Waals surface area contributed by atoms with Gasteiger partial charge in [0.05, 0.1) is 11.9 Å². The molecule has 0 aliphatic carbocycles. The minimum absolute atomic E-state index is 0.0563. The van der Waals surface area contributed by atoms with E-state index in [9.17, 15) is 0 Å². The van der Waals surface area contributed by atoms with Gasteiger partial charge < -0.3 is 4.74 Å². The molecule has 1 aromatic carbocycles. The molecule has 0 atom stereocenters. The Morgan fingerprint density at radius 3 is 2.56 bits per heavy atom. The number of hydrogen-bond acceptors (Lipinski definition) is 9. The van der Waals surface area contributed by atoms with Gasteiger partial charge in [-0.1, -0.05) is 38.2 Å². The highest BCUT2D eigenvalue weighted by Crippen LogP contribution is 2.31. The van der Waals surface area contributed by atoms with Crippen LogP contribution in [0.3, 0.4) is 0 Å². The highest BCUT2D eigenvalue weighted by atomic mass is 32.1. The van der Waals surface area contributed by atoms with Gasteiger partial charge in [0.1, 0.15) is 17.0 Å². The van der Waals surface area contributed by atoms with E-state index in [0.29, 0.717) is 28.1 Å². The number of nitrogens with one attached hydrogen (secondary N) is 1. The summed E-state index contributed by atoms with van der Waals surface area (Å²) >= 11 is 2.53. The molecule has 0 saturated heterocycles. The topological polar surface area (TPSA) is 102 Å². The smallest absolute Gasteiger partial charge is 0.299 e. The van der Waals surface area contributed by atoms with Crippen molar-refractivity contribution in [3.8, 4) is 22.5 Å². The molecule has 166 valence electrons. The SMILES string of the molecule is Cc1cc(Oc2nc(-c3cnc(C(C)(C)C)cn3)ns2)c(C)cc1CCn1ncsc1=N. The summed E-state index contributed by atoms with van der Waals surface area (Å²) < 4.78 is 12.1. The van der Waals surface area contributed by atoms with E-state index in [1.165, 1.54) is 28.4 Å². The molecule has 4 rings (SSSR count). The van der Waals surface area contributed by atoms with Gasteiger partial charge in [-0.25, -0.2) is 9.67 Å². The van der Waals surface area contributed by atoms with Crippen LogP contribution in [0.25, 0.3) is 11.5 Å². The third kappa shape index (κ3) is 4.91. The molecule has 3 heterocycles. The second-order valence-electron chi connectivity index (χ2n) is 8.58. The highest BCUT2D eigenvalue weighted by Gasteiger charge is 2.17. The largest absolute Gasteiger partial charge is 0.430 e. The molecule has 0 unspecified atom stereocenters. The van der Waals surface area contributed by atoms with Gasteiger partial charge in [0, 0.05) is 29.7 Å². The van der Waals surface area contributed by atoms with E-state index < -0.39 is 0 Å². The monoisotopic (exact) mass is 467 g/mol. The van der Waals surface area contributed by atoms with Crippen LogP contribution in [0.2, 0.25) is 0 Å². The fourth-order valence-electron chi connectivity index (χ4n) is 3.14. The van der Waals surface area contributed by atoms with Crippen molar-refractivity contribution in [1.82, 2.24) is 29.1 Å². The fraction of sp³-hybridized carbons (Fsp3) is 0.364. The average Bonchev–Trinajstić information content (AvgIpc) is 3.38. The first-order valence-electron chi connectivity index (χ1n) is 10.2. The lowest BCUT2D eigenvalue weighted by molar-refractivity contribution is 0.474. The Hall–Kier alpha value is -2.98. The van der Waals surface area contributed by atoms with Crippen LogP contribution in [-0.4, -0.2) is 29.1 Å². The highest BCUT2D eigenvalue weighted by molar-refractivity contribution is 7.07. The maximum absolute atomic E-state index is 7.85. The number of nitrogens with zero attached hydrogens (tertiary/aromatic N) is 6. The zero-order valence-corrected chi connectivity index (χ0v) is 20.3. The minimum Gasteiger partial charge on any atom is -0.430 e. The normalized spacial score (nSPS) is 11.7. The number of aromatic nitrogens is 6. The lowest BCUT2D eigenvalue weighted by atomic mass is 9.93. The molecule has 1 N–H and O–H groups in total. The van der Waals surface area contributed by atoms with Gasteiger partial charge in [-0.15, -0.1) is 0 Å². The first-order chi connectivity index (χ1) is 15.2. The Bertz CT molecular complexity index is 1280. The molecule has 10 heteroatoms. The molecule has 0 fully saturated rings. The number of hydrogen-bond donors (Lipinski definition) is 1. The van der Waals surface area contributed by atoms with Crippen molar-refractivity contribution in [2.24, 2.45) is 0 Å². The van der Waals surface area contributed by atoms with Crippen LogP contribution < -0.4 is 9.54 Å². The van der Waals surface area contributed by atoms with Gasteiger partial charge in [-0.3, -0.25) is 10.4 Å². The summed E-state index contributed by atoms with van der Waals surface area (Å²) in [5.41, 5.74) is 6.54. The van der Waals surface area contributed by atoms with Crippen molar-refractivity contribution in [2.45, 2.75) is 53.0 Å². The Balaban J connectivity index is 1.47. The van der Waals surface area contributed by atoms with Gasteiger partial charge in [-0.2, -0.15) is 14.5 Å². The number of rotatable bonds is 6. The number of ether oxygens (including phenoxy) is 1. The van der Waals surface area contributed by atoms with Gasteiger partial charge in [-0.05, 0) is 43.0 Å². The first kappa shape index (κ1) is 22.2. The summed E-state index contributed by atoms with van der Waals surface area (Å²) in [6, 6.07) is 4.15. The fourth-order valence-corrected chi connectivity index (χ4v) is 4.21. The lowest BCUT2D eigenvalue weighted by Gasteiger charge is -2.16. The van der Waals surface area contributed by atoms with Crippen LogP contribution in [0.1, 0.15) is 43.2 Å². The molecule has 0 spiro atoms. The van der Waals surface area contributed by atoms with Crippen molar-refractivity contribution in [3.05, 3.63) is 57.2 Å². The molecule has 0 amide bonds. The van der Waals surface area contributed by atoms with E-state index in [0.717, 1.165) is 29.0 Å². The number of aryl methyl sites for hydroxylation is 4. The summed E-state index contributed by atoms with van der Waals surface area (Å²) in [7, 11) is 0. The van der Waals surface area contributed by atoms with Crippen LogP contribution in [0, 0.1) is 19.3 Å². The molecule has 4 aromatic rings. The molecule has 3 aromatic heterocycles. The molecule has 0 aliphatic rings. The van der Waals surface area contributed by atoms with Gasteiger partial charge in [0.25, 0.3) is 5.19 Å². The summed E-state index contributed by atoms with van der Waals surface area (Å²) in [5, 5.41) is 12.5.